The number of ether oxygens (including phenoxy) is 1. The van der Waals surface area contributed by atoms with Crippen LogP contribution in [-0.4, -0.2) is 37.7 Å². The maximum atomic E-state index is 11.6. The van der Waals surface area contributed by atoms with E-state index in [-0.39, 0.29) is 24.9 Å². The molecular formula is C12H16ClN3O2S. The number of nitrogens with zero attached hydrogens (tertiary/aromatic N) is 1. The molecule has 1 heterocycles. The number of hydrogen-bond donors (Lipinski definition) is 2. The zero-order chi connectivity index (χ0) is 12.8. The number of para-hydroxylation sites is 1. The summed E-state index contributed by atoms with van der Waals surface area (Å²) in [4.78, 5) is 15.9. The predicted molar refractivity (Wildman–Crippen MR) is 80.2 cm³/mol. The van der Waals surface area contributed by atoms with Gasteiger partial charge in [-0.2, -0.15) is 0 Å². The largest absolute Gasteiger partial charge is 0.383 e. The molecule has 0 saturated heterocycles. The van der Waals surface area contributed by atoms with Crippen LogP contribution in [0.1, 0.15) is 0 Å². The summed E-state index contributed by atoms with van der Waals surface area (Å²) in [6, 6.07) is 7.80. The second kappa shape index (κ2) is 8.06. The normalized spacial score (nSPS) is 10.2. The molecule has 2 N–H and O–H groups in total. The molecule has 104 valence electrons. The first kappa shape index (κ1) is 15.8. The number of hydrogen-bond acceptors (Lipinski definition) is 5. The zero-order valence-corrected chi connectivity index (χ0v) is 12.1. The lowest BCUT2D eigenvalue weighted by Crippen LogP contribution is -2.30. The first-order valence-electron chi connectivity index (χ1n) is 5.64. The lowest BCUT2D eigenvalue weighted by Gasteiger charge is -2.03. The van der Waals surface area contributed by atoms with Crippen molar-refractivity contribution in [2.24, 2.45) is 0 Å². The molecule has 1 aromatic heterocycles. The number of benzene rings is 1. The van der Waals surface area contributed by atoms with E-state index in [1.54, 1.807) is 7.11 Å². The van der Waals surface area contributed by atoms with E-state index in [0.717, 1.165) is 10.2 Å². The Hall–Kier alpha value is -1.21. The highest BCUT2D eigenvalue weighted by Gasteiger charge is 2.06. The minimum atomic E-state index is -0.0924. The Bertz CT molecular complexity index is 499. The van der Waals surface area contributed by atoms with Crippen LogP contribution >= 0.6 is 23.7 Å². The Morgan fingerprint density at radius 2 is 2.21 bits per heavy atom. The molecule has 2 aromatic rings. The van der Waals surface area contributed by atoms with Gasteiger partial charge in [0.1, 0.15) is 0 Å². The lowest BCUT2D eigenvalue weighted by atomic mass is 10.3. The van der Waals surface area contributed by atoms with Gasteiger partial charge >= 0.3 is 0 Å². The molecule has 1 amide bonds. The van der Waals surface area contributed by atoms with E-state index in [0.29, 0.717) is 18.3 Å². The number of carbonyl (C=O) groups is 1. The number of rotatable bonds is 6. The van der Waals surface area contributed by atoms with Gasteiger partial charge in [0.2, 0.25) is 5.91 Å². The third kappa shape index (κ3) is 4.76. The second-order valence-corrected chi connectivity index (χ2v) is 4.74. The van der Waals surface area contributed by atoms with E-state index in [9.17, 15) is 4.79 Å². The topological polar surface area (TPSA) is 63.2 Å². The fourth-order valence-corrected chi connectivity index (χ4v) is 2.35. The summed E-state index contributed by atoms with van der Waals surface area (Å²) in [5.41, 5.74) is 0.908. The van der Waals surface area contributed by atoms with Crippen molar-refractivity contribution in [1.82, 2.24) is 10.3 Å². The number of methoxy groups -OCH3 is 1. The first-order valence-corrected chi connectivity index (χ1v) is 6.46. The van der Waals surface area contributed by atoms with Gasteiger partial charge in [0.15, 0.2) is 5.13 Å². The summed E-state index contributed by atoms with van der Waals surface area (Å²) >= 11 is 1.47. The first-order chi connectivity index (χ1) is 8.79. The molecule has 0 saturated carbocycles. The summed E-state index contributed by atoms with van der Waals surface area (Å²) in [5, 5.41) is 6.39. The van der Waals surface area contributed by atoms with Gasteiger partial charge in [-0.05, 0) is 12.1 Å². The Morgan fingerprint density at radius 1 is 1.42 bits per heavy atom. The fraction of sp³-hybridized carbons (Fsp3) is 0.333. The molecule has 0 aliphatic carbocycles. The molecule has 0 unspecified atom stereocenters. The van der Waals surface area contributed by atoms with Crippen LogP contribution in [0.3, 0.4) is 0 Å². The molecule has 0 aliphatic heterocycles. The minimum Gasteiger partial charge on any atom is -0.383 e. The molecular weight excluding hydrogens is 286 g/mol. The molecule has 0 atom stereocenters. The summed E-state index contributed by atoms with van der Waals surface area (Å²) in [7, 11) is 1.63. The van der Waals surface area contributed by atoms with Crippen LogP contribution in [0.15, 0.2) is 24.3 Å². The quantitative estimate of drug-likeness (QED) is 0.800. The van der Waals surface area contributed by atoms with Gasteiger partial charge in [-0.25, -0.2) is 4.98 Å². The molecule has 1 aromatic carbocycles. The van der Waals surface area contributed by atoms with Crippen LogP contribution in [0.25, 0.3) is 10.2 Å². The Balaban J connectivity index is 0.00000180. The second-order valence-electron chi connectivity index (χ2n) is 3.70. The van der Waals surface area contributed by atoms with E-state index >= 15 is 0 Å². The number of thiazole rings is 1. The molecule has 0 fully saturated rings. The summed E-state index contributed by atoms with van der Waals surface area (Å²) in [6.45, 7) is 1.51. The van der Waals surface area contributed by atoms with Crippen LogP contribution in [-0.2, 0) is 9.53 Å². The third-order valence-electron chi connectivity index (χ3n) is 2.31. The Morgan fingerprint density at radius 3 is 2.95 bits per heavy atom. The number of carbonyl (C=O) groups excluding carboxylic acids is 1. The van der Waals surface area contributed by atoms with Crippen LogP contribution in [0.5, 0.6) is 0 Å². The number of aromatic nitrogens is 1. The van der Waals surface area contributed by atoms with Gasteiger partial charge in [-0.15, -0.1) is 12.4 Å². The summed E-state index contributed by atoms with van der Waals surface area (Å²) in [6.07, 6.45) is 0. The molecule has 5 nitrogen and oxygen atoms in total. The van der Waals surface area contributed by atoms with Crippen molar-refractivity contribution in [1.29, 1.82) is 0 Å². The maximum Gasteiger partial charge on any atom is 0.240 e. The highest BCUT2D eigenvalue weighted by Crippen LogP contribution is 2.24. The molecule has 0 spiro atoms. The highest BCUT2D eigenvalue weighted by atomic mass is 35.5. The Labute approximate surface area is 121 Å². The van der Waals surface area contributed by atoms with E-state index in [4.69, 9.17) is 4.74 Å². The average molecular weight is 302 g/mol. The Kier molecular flexibility index (Phi) is 6.72. The van der Waals surface area contributed by atoms with Gasteiger partial charge < -0.3 is 15.4 Å². The van der Waals surface area contributed by atoms with Crippen molar-refractivity contribution in [3.05, 3.63) is 24.3 Å². The van der Waals surface area contributed by atoms with Gasteiger partial charge in [0.25, 0.3) is 0 Å². The monoisotopic (exact) mass is 301 g/mol. The predicted octanol–water partition coefficient (Wildman–Crippen LogP) is 1.89. The smallest absolute Gasteiger partial charge is 0.240 e. The number of fused-ring (bicyclic) bond motifs is 1. The van der Waals surface area contributed by atoms with Crippen LogP contribution in [0.4, 0.5) is 5.13 Å². The molecule has 7 heteroatoms. The minimum absolute atomic E-state index is 0. The highest BCUT2D eigenvalue weighted by molar-refractivity contribution is 7.22. The third-order valence-corrected chi connectivity index (χ3v) is 3.26. The van der Waals surface area contributed by atoms with Crippen LogP contribution in [0.2, 0.25) is 0 Å². The van der Waals surface area contributed by atoms with Crippen molar-refractivity contribution in [2.75, 3.05) is 32.1 Å². The van der Waals surface area contributed by atoms with Crippen molar-refractivity contribution in [2.45, 2.75) is 0 Å². The van der Waals surface area contributed by atoms with Crippen LogP contribution < -0.4 is 10.6 Å². The van der Waals surface area contributed by atoms with Crippen LogP contribution in [0, 0.1) is 0 Å². The zero-order valence-electron chi connectivity index (χ0n) is 10.5. The maximum absolute atomic E-state index is 11.6. The molecule has 0 bridgehead atoms. The molecule has 0 radical (unpaired) electrons. The van der Waals surface area contributed by atoms with Gasteiger partial charge in [-0.1, -0.05) is 23.5 Å². The fourth-order valence-electron chi connectivity index (χ4n) is 1.47. The van der Waals surface area contributed by atoms with Gasteiger partial charge in [-0.3, -0.25) is 4.79 Å². The molecule has 19 heavy (non-hydrogen) atoms. The van der Waals surface area contributed by atoms with E-state index in [1.807, 2.05) is 24.3 Å². The molecule has 0 aliphatic rings. The summed E-state index contributed by atoms with van der Waals surface area (Å²) < 4.78 is 5.95. The summed E-state index contributed by atoms with van der Waals surface area (Å²) in [5.74, 6) is -0.0924. The van der Waals surface area contributed by atoms with Crippen molar-refractivity contribution < 1.29 is 9.53 Å². The van der Waals surface area contributed by atoms with Gasteiger partial charge in [0, 0.05) is 13.7 Å². The lowest BCUT2D eigenvalue weighted by molar-refractivity contribution is -0.115. The van der Waals surface area contributed by atoms with Crippen molar-refractivity contribution >= 4 is 45.0 Å². The van der Waals surface area contributed by atoms with E-state index < -0.39 is 0 Å². The van der Waals surface area contributed by atoms with Gasteiger partial charge in [0.05, 0.1) is 23.4 Å². The molecule has 2 rings (SSSR count). The number of nitrogens with one attached hydrogen (secondary N) is 2. The number of anilines is 1. The van der Waals surface area contributed by atoms with Crippen molar-refractivity contribution in [3.8, 4) is 0 Å². The van der Waals surface area contributed by atoms with E-state index in [1.165, 1.54) is 11.3 Å². The average Bonchev–Trinajstić information content (AvgIpc) is 2.76. The SMILES string of the molecule is COCCNCC(=O)Nc1nc2ccccc2s1.Cl. The standard InChI is InChI=1S/C12H15N3O2S.ClH/c1-17-7-6-13-8-11(16)15-12-14-9-4-2-3-5-10(9)18-12;/h2-5,13H,6-8H2,1H3,(H,14,15,16);1H. The van der Waals surface area contributed by atoms with Crippen molar-refractivity contribution in [3.63, 3.8) is 0 Å². The van der Waals surface area contributed by atoms with E-state index in [2.05, 4.69) is 15.6 Å². The number of amides is 1. The number of halogens is 1.